The molecule has 1 aromatic rings. The van der Waals surface area contributed by atoms with E-state index in [1.165, 1.54) is 24.2 Å². The van der Waals surface area contributed by atoms with E-state index in [9.17, 15) is 4.79 Å². The highest BCUT2D eigenvalue weighted by Gasteiger charge is 2.18. The van der Waals surface area contributed by atoms with Crippen LogP contribution in [0.5, 0.6) is 0 Å². The standard InChI is InChI=1S/C12H20N4OS/c1-2-16(8-10-4-3-5-13-10)9-11(17)15-12-14-6-7-18-12/h6-7,10,13H,2-5,8-9H2,1H3,(H,14,15,17). The van der Waals surface area contributed by atoms with E-state index in [1.807, 2.05) is 5.38 Å². The van der Waals surface area contributed by atoms with Crippen molar-refractivity contribution >= 4 is 22.4 Å². The number of aromatic nitrogens is 1. The lowest BCUT2D eigenvalue weighted by Crippen LogP contribution is -2.41. The maximum atomic E-state index is 11.8. The molecular formula is C12H20N4OS. The highest BCUT2D eigenvalue weighted by atomic mass is 32.1. The van der Waals surface area contributed by atoms with Gasteiger partial charge in [0.25, 0.3) is 0 Å². The first-order valence-corrected chi connectivity index (χ1v) is 7.31. The number of rotatable bonds is 6. The lowest BCUT2D eigenvalue weighted by atomic mass is 10.2. The molecule has 100 valence electrons. The van der Waals surface area contributed by atoms with Crippen molar-refractivity contribution in [2.24, 2.45) is 0 Å². The Morgan fingerprint density at radius 2 is 2.61 bits per heavy atom. The Morgan fingerprint density at radius 3 is 3.22 bits per heavy atom. The molecule has 1 fully saturated rings. The lowest BCUT2D eigenvalue weighted by Gasteiger charge is -2.23. The van der Waals surface area contributed by atoms with Gasteiger partial charge in [0.15, 0.2) is 5.13 Å². The summed E-state index contributed by atoms with van der Waals surface area (Å²) >= 11 is 1.44. The van der Waals surface area contributed by atoms with Gasteiger partial charge in [-0.2, -0.15) is 0 Å². The van der Waals surface area contributed by atoms with Crippen molar-refractivity contribution in [3.63, 3.8) is 0 Å². The fourth-order valence-electron chi connectivity index (χ4n) is 2.18. The maximum absolute atomic E-state index is 11.8. The first-order chi connectivity index (χ1) is 8.78. The van der Waals surface area contributed by atoms with Crippen molar-refractivity contribution in [3.05, 3.63) is 11.6 Å². The molecule has 1 unspecified atom stereocenters. The number of carbonyl (C=O) groups is 1. The summed E-state index contributed by atoms with van der Waals surface area (Å²) in [6.07, 6.45) is 4.15. The minimum absolute atomic E-state index is 0.0183. The molecule has 2 N–H and O–H groups in total. The van der Waals surface area contributed by atoms with Gasteiger partial charge in [0.1, 0.15) is 0 Å². The number of carbonyl (C=O) groups excluding carboxylic acids is 1. The molecule has 0 aliphatic carbocycles. The van der Waals surface area contributed by atoms with Crippen molar-refractivity contribution < 1.29 is 4.79 Å². The molecule has 0 aromatic carbocycles. The minimum atomic E-state index is 0.0183. The Labute approximate surface area is 112 Å². The van der Waals surface area contributed by atoms with Crippen LogP contribution < -0.4 is 10.6 Å². The van der Waals surface area contributed by atoms with Gasteiger partial charge < -0.3 is 10.6 Å². The zero-order valence-electron chi connectivity index (χ0n) is 10.7. The number of hydrogen-bond acceptors (Lipinski definition) is 5. The molecule has 0 bridgehead atoms. The first-order valence-electron chi connectivity index (χ1n) is 6.43. The first kappa shape index (κ1) is 13.5. The molecule has 18 heavy (non-hydrogen) atoms. The van der Waals surface area contributed by atoms with E-state index >= 15 is 0 Å². The molecule has 1 aliphatic heterocycles. The van der Waals surface area contributed by atoms with Gasteiger partial charge in [-0.15, -0.1) is 11.3 Å². The van der Waals surface area contributed by atoms with Crippen LogP contribution in [0.1, 0.15) is 19.8 Å². The van der Waals surface area contributed by atoms with Gasteiger partial charge in [-0.25, -0.2) is 4.98 Å². The van der Waals surface area contributed by atoms with Crippen LogP contribution in [0.4, 0.5) is 5.13 Å². The molecule has 2 heterocycles. The molecule has 1 aliphatic rings. The van der Waals surface area contributed by atoms with Crippen molar-refractivity contribution in [1.82, 2.24) is 15.2 Å². The van der Waals surface area contributed by atoms with Crippen molar-refractivity contribution in [2.75, 3.05) is 31.5 Å². The molecule has 5 nitrogen and oxygen atoms in total. The zero-order valence-corrected chi connectivity index (χ0v) is 11.5. The second-order valence-electron chi connectivity index (χ2n) is 4.51. The third kappa shape index (κ3) is 4.04. The molecule has 2 rings (SSSR count). The van der Waals surface area contributed by atoms with Gasteiger partial charge in [-0.05, 0) is 25.9 Å². The monoisotopic (exact) mass is 268 g/mol. The molecule has 0 saturated carbocycles. The summed E-state index contributed by atoms with van der Waals surface area (Å²) in [6, 6.07) is 0.539. The Hall–Kier alpha value is -0.980. The number of nitrogens with zero attached hydrogens (tertiary/aromatic N) is 2. The molecular weight excluding hydrogens is 248 g/mol. The van der Waals surface area contributed by atoms with Gasteiger partial charge in [0.05, 0.1) is 6.54 Å². The molecule has 1 atom stereocenters. The number of hydrogen-bond donors (Lipinski definition) is 2. The molecule has 1 amide bonds. The Balaban J connectivity index is 1.76. The normalized spacial score (nSPS) is 19.3. The third-order valence-corrected chi connectivity index (χ3v) is 3.82. The van der Waals surface area contributed by atoms with Crippen LogP contribution >= 0.6 is 11.3 Å². The van der Waals surface area contributed by atoms with E-state index in [-0.39, 0.29) is 5.91 Å². The summed E-state index contributed by atoms with van der Waals surface area (Å²) in [6.45, 7) is 5.47. The molecule has 6 heteroatoms. The average Bonchev–Trinajstić information content (AvgIpc) is 3.01. The van der Waals surface area contributed by atoms with Crippen LogP contribution in [0, 0.1) is 0 Å². The number of likely N-dealkylation sites (N-methyl/N-ethyl adjacent to an activating group) is 1. The fourth-order valence-corrected chi connectivity index (χ4v) is 2.72. The quantitative estimate of drug-likeness (QED) is 0.813. The third-order valence-electron chi connectivity index (χ3n) is 3.13. The number of amides is 1. The summed E-state index contributed by atoms with van der Waals surface area (Å²) < 4.78 is 0. The van der Waals surface area contributed by atoms with Crippen molar-refractivity contribution in [3.8, 4) is 0 Å². The number of anilines is 1. The van der Waals surface area contributed by atoms with Gasteiger partial charge in [-0.3, -0.25) is 9.69 Å². The van der Waals surface area contributed by atoms with Crippen LogP contribution in [-0.2, 0) is 4.79 Å². The molecule has 0 radical (unpaired) electrons. The number of nitrogens with one attached hydrogen (secondary N) is 2. The lowest BCUT2D eigenvalue weighted by molar-refractivity contribution is -0.117. The highest BCUT2D eigenvalue weighted by Crippen LogP contribution is 2.10. The predicted molar refractivity (Wildman–Crippen MR) is 73.9 cm³/mol. The Kier molecular flexibility index (Phi) is 5.10. The van der Waals surface area contributed by atoms with Crippen molar-refractivity contribution in [1.29, 1.82) is 0 Å². The van der Waals surface area contributed by atoms with E-state index in [0.29, 0.717) is 17.7 Å². The summed E-state index contributed by atoms with van der Waals surface area (Å²) in [5.74, 6) is 0.0183. The molecule has 0 spiro atoms. The van der Waals surface area contributed by atoms with Crippen molar-refractivity contribution in [2.45, 2.75) is 25.8 Å². The Morgan fingerprint density at radius 1 is 1.72 bits per heavy atom. The van der Waals surface area contributed by atoms with Crippen LogP contribution in [0.2, 0.25) is 0 Å². The summed E-state index contributed by atoms with van der Waals surface area (Å²) in [7, 11) is 0. The minimum Gasteiger partial charge on any atom is -0.313 e. The van der Waals surface area contributed by atoms with E-state index in [0.717, 1.165) is 19.6 Å². The summed E-state index contributed by atoms with van der Waals surface area (Å²) in [5.41, 5.74) is 0. The van der Waals surface area contributed by atoms with E-state index in [2.05, 4.69) is 27.4 Å². The average molecular weight is 268 g/mol. The summed E-state index contributed by atoms with van der Waals surface area (Å²) in [5, 5.41) is 8.81. The summed E-state index contributed by atoms with van der Waals surface area (Å²) in [4.78, 5) is 18.1. The largest absolute Gasteiger partial charge is 0.313 e. The number of thiazole rings is 1. The van der Waals surface area contributed by atoms with E-state index in [4.69, 9.17) is 0 Å². The smallest absolute Gasteiger partial charge is 0.240 e. The van der Waals surface area contributed by atoms with Gasteiger partial charge >= 0.3 is 0 Å². The van der Waals surface area contributed by atoms with Crippen LogP contribution in [0.15, 0.2) is 11.6 Å². The highest BCUT2D eigenvalue weighted by molar-refractivity contribution is 7.13. The fraction of sp³-hybridized carbons (Fsp3) is 0.667. The SMILES string of the molecule is CCN(CC(=O)Nc1nccs1)CC1CCCN1. The van der Waals surface area contributed by atoms with Crippen LogP contribution in [0.25, 0.3) is 0 Å². The maximum Gasteiger partial charge on any atom is 0.240 e. The Bertz CT molecular complexity index is 362. The second-order valence-corrected chi connectivity index (χ2v) is 5.40. The second kappa shape index (κ2) is 6.82. The van der Waals surface area contributed by atoms with Gasteiger partial charge in [-0.1, -0.05) is 6.92 Å². The molecule has 1 aromatic heterocycles. The topological polar surface area (TPSA) is 57.3 Å². The van der Waals surface area contributed by atoms with Crippen LogP contribution in [0.3, 0.4) is 0 Å². The van der Waals surface area contributed by atoms with E-state index in [1.54, 1.807) is 6.20 Å². The van der Waals surface area contributed by atoms with E-state index < -0.39 is 0 Å². The van der Waals surface area contributed by atoms with Gasteiger partial charge in [0.2, 0.25) is 5.91 Å². The molecule has 1 saturated heterocycles. The van der Waals surface area contributed by atoms with Crippen LogP contribution in [-0.4, -0.2) is 48.0 Å². The predicted octanol–water partition coefficient (Wildman–Crippen LogP) is 1.16. The zero-order chi connectivity index (χ0) is 12.8. The van der Waals surface area contributed by atoms with Gasteiger partial charge in [0, 0.05) is 24.2 Å².